The maximum absolute atomic E-state index is 12.9. The molecule has 2 aromatic rings. The van der Waals surface area contributed by atoms with E-state index in [0.29, 0.717) is 13.0 Å². The molecule has 0 spiro atoms. The highest BCUT2D eigenvalue weighted by Gasteiger charge is 2.34. The topological polar surface area (TPSA) is 37.4 Å². The maximum atomic E-state index is 12.9. The van der Waals surface area contributed by atoms with Gasteiger partial charge in [-0.3, -0.25) is 4.31 Å². The zero-order valence-corrected chi connectivity index (χ0v) is 13.6. The lowest BCUT2D eigenvalue weighted by molar-refractivity contribution is 0.592. The number of para-hydroxylation sites is 1. The van der Waals surface area contributed by atoms with Gasteiger partial charge < -0.3 is 0 Å². The lowest BCUT2D eigenvalue weighted by Crippen LogP contribution is -2.30. The Bertz CT molecular complexity index is 798. The Morgan fingerprint density at radius 1 is 1.05 bits per heavy atom. The van der Waals surface area contributed by atoms with Crippen LogP contribution < -0.4 is 4.31 Å². The van der Waals surface area contributed by atoms with Crippen molar-refractivity contribution in [1.29, 1.82) is 0 Å². The number of anilines is 1. The highest BCUT2D eigenvalue weighted by atomic mass is 35.5. The maximum Gasteiger partial charge on any atom is 0.267 e. The summed E-state index contributed by atoms with van der Waals surface area (Å²) in [6.07, 6.45) is 0.693. The summed E-state index contributed by atoms with van der Waals surface area (Å²) in [5.41, 5.74) is 2.70. The zero-order valence-electron chi connectivity index (χ0n) is 11.3. The van der Waals surface area contributed by atoms with E-state index < -0.39 is 10.0 Å². The first-order valence-corrected chi connectivity index (χ1v) is 8.68. The Kier molecular flexibility index (Phi) is 3.64. The summed E-state index contributed by atoms with van der Waals surface area (Å²) < 4.78 is 27.3. The molecule has 3 nitrogen and oxygen atoms in total. The van der Waals surface area contributed by atoms with E-state index in [1.807, 2.05) is 25.1 Å². The molecule has 110 valence electrons. The third-order valence-corrected chi connectivity index (χ3v) is 6.38. The van der Waals surface area contributed by atoms with Gasteiger partial charge in [0.2, 0.25) is 0 Å². The van der Waals surface area contributed by atoms with Crippen molar-refractivity contribution in [2.45, 2.75) is 18.2 Å². The van der Waals surface area contributed by atoms with Crippen LogP contribution in [0.15, 0.2) is 41.3 Å². The van der Waals surface area contributed by atoms with Gasteiger partial charge in [-0.2, -0.15) is 0 Å². The quantitative estimate of drug-likeness (QED) is 0.826. The molecule has 1 aliphatic rings. The van der Waals surface area contributed by atoms with E-state index in [4.69, 9.17) is 23.2 Å². The predicted octanol–water partition coefficient (Wildman–Crippen LogP) is 4.05. The van der Waals surface area contributed by atoms with E-state index in [2.05, 4.69) is 0 Å². The molecule has 3 rings (SSSR count). The second kappa shape index (κ2) is 5.20. The van der Waals surface area contributed by atoms with Crippen LogP contribution in [0.4, 0.5) is 5.69 Å². The molecule has 0 bridgehead atoms. The molecule has 2 aromatic carbocycles. The third-order valence-electron chi connectivity index (χ3n) is 3.62. The van der Waals surface area contributed by atoms with Crippen molar-refractivity contribution in [3.8, 4) is 0 Å². The standard InChI is InChI=1S/C15H13Cl2NO2S/c1-10-4-2-5-11-8-9-18(14(10)11)21(19,20)15-12(16)6-3-7-13(15)17/h2-7H,8-9H2,1H3. The Labute approximate surface area is 134 Å². The Hall–Kier alpha value is -1.23. The lowest BCUT2D eigenvalue weighted by Gasteiger charge is -2.22. The van der Waals surface area contributed by atoms with Crippen molar-refractivity contribution < 1.29 is 8.42 Å². The van der Waals surface area contributed by atoms with Gasteiger partial charge in [0.15, 0.2) is 0 Å². The van der Waals surface area contributed by atoms with Gasteiger partial charge in [-0.1, -0.05) is 47.5 Å². The lowest BCUT2D eigenvalue weighted by atomic mass is 10.1. The molecule has 0 unspecified atom stereocenters. The van der Waals surface area contributed by atoms with Gasteiger partial charge in [0.25, 0.3) is 10.0 Å². The SMILES string of the molecule is Cc1cccc2c1N(S(=O)(=O)c1c(Cl)cccc1Cl)CC2. The number of nitrogens with zero attached hydrogens (tertiary/aromatic N) is 1. The molecule has 0 aromatic heterocycles. The van der Waals surface area contributed by atoms with Gasteiger partial charge in [-0.25, -0.2) is 8.42 Å². The highest BCUT2D eigenvalue weighted by molar-refractivity contribution is 7.93. The second-order valence-electron chi connectivity index (χ2n) is 4.96. The van der Waals surface area contributed by atoms with Crippen molar-refractivity contribution in [3.63, 3.8) is 0 Å². The van der Waals surface area contributed by atoms with Gasteiger partial charge in [0.05, 0.1) is 15.7 Å². The Morgan fingerprint density at radius 3 is 2.33 bits per heavy atom. The Balaban J connectivity index is 2.19. The van der Waals surface area contributed by atoms with E-state index in [0.717, 1.165) is 16.8 Å². The molecule has 0 aliphatic carbocycles. The largest absolute Gasteiger partial charge is 0.267 e. The minimum Gasteiger partial charge on any atom is -0.265 e. The van der Waals surface area contributed by atoms with Gasteiger partial charge in [-0.15, -0.1) is 0 Å². The zero-order chi connectivity index (χ0) is 15.2. The number of halogens is 2. The molecule has 0 N–H and O–H groups in total. The van der Waals surface area contributed by atoms with Crippen molar-refractivity contribution in [2.75, 3.05) is 10.8 Å². The van der Waals surface area contributed by atoms with Crippen LogP contribution in [-0.4, -0.2) is 15.0 Å². The molecule has 0 saturated carbocycles. The smallest absolute Gasteiger partial charge is 0.265 e. The molecule has 0 atom stereocenters. The highest BCUT2D eigenvalue weighted by Crippen LogP contribution is 2.39. The summed E-state index contributed by atoms with van der Waals surface area (Å²) in [7, 11) is -3.77. The summed E-state index contributed by atoms with van der Waals surface area (Å²) in [5.74, 6) is 0. The van der Waals surface area contributed by atoms with Crippen LogP contribution in [-0.2, 0) is 16.4 Å². The van der Waals surface area contributed by atoms with E-state index in [9.17, 15) is 8.42 Å². The van der Waals surface area contributed by atoms with Crippen molar-refractivity contribution in [1.82, 2.24) is 0 Å². The van der Waals surface area contributed by atoms with Crippen LogP contribution >= 0.6 is 23.2 Å². The molecule has 1 heterocycles. The van der Waals surface area contributed by atoms with Crippen LogP contribution in [0.25, 0.3) is 0 Å². The van der Waals surface area contributed by atoms with Crippen LogP contribution in [0.1, 0.15) is 11.1 Å². The van der Waals surface area contributed by atoms with E-state index >= 15 is 0 Å². The summed E-state index contributed by atoms with van der Waals surface area (Å²) in [6, 6.07) is 10.5. The average molecular weight is 342 g/mol. The molecule has 0 radical (unpaired) electrons. The first kappa shape index (κ1) is 14.7. The molecule has 0 saturated heterocycles. The van der Waals surface area contributed by atoms with Gasteiger partial charge >= 0.3 is 0 Å². The minimum atomic E-state index is -3.77. The predicted molar refractivity (Wildman–Crippen MR) is 85.9 cm³/mol. The van der Waals surface area contributed by atoms with Crippen LogP contribution in [0.2, 0.25) is 10.0 Å². The average Bonchev–Trinajstić information content (AvgIpc) is 2.84. The number of fused-ring (bicyclic) bond motifs is 1. The summed E-state index contributed by atoms with van der Waals surface area (Å²) in [5, 5.41) is 0.286. The van der Waals surface area contributed by atoms with E-state index in [1.165, 1.54) is 16.4 Å². The number of hydrogen-bond donors (Lipinski definition) is 0. The first-order chi connectivity index (χ1) is 9.93. The van der Waals surface area contributed by atoms with Crippen molar-refractivity contribution in [3.05, 3.63) is 57.6 Å². The van der Waals surface area contributed by atoms with Crippen molar-refractivity contribution in [2.24, 2.45) is 0 Å². The molecule has 0 fully saturated rings. The van der Waals surface area contributed by atoms with E-state index in [1.54, 1.807) is 6.07 Å². The molecule has 6 heteroatoms. The van der Waals surface area contributed by atoms with Gasteiger partial charge in [-0.05, 0) is 36.6 Å². The number of rotatable bonds is 2. The summed E-state index contributed by atoms with van der Waals surface area (Å²) >= 11 is 12.1. The fourth-order valence-corrected chi connectivity index (χ4v) is 5.36. The van der Waals surface area contributed by atoms with E-state index in [-0.39, 0.29) is 14.9 Å². The van der Waals surface area contributed by atoms with Crippen LogP contribution in [0.5, 0.6) is 0 Å². The van der Waals surface area contributed by atoms with Gasteiger partial charge in [0, 0.05) is 6.54 Å². The van der Waals surface area contributed by atoms with Gasteiger partial charge in [0.1, 0.15) is 4.90 Å². The fourth-order valence-electron chi connectivity index (χ4n) is 2.69. The molecule has 1 aliphatic heterocycles. The molecular formula is C15H13Cl2NO2S. The molecule has 21 heavy (non-hydrogen) atoms. The fraction of sp³-hybridized carbons (Fsp3) is 0.200. The number of benzene rings is 2. The molecular weight excluding hydrogens is 329 g/mol. The third kappa shape index (κ3) is 2.31. The van der Waals surface area contributed by atoms with Crippen LogP contribution in [0, 0.1) is 6.92 Å². The van der Waals surface area contributed by atoms with Crippen molar-refractivity contribution >= 4 is 38.9 Å². The summed E-state index contributed by atoms with van der Waals surface area (Å²) in [6.45, 7) is 2.31. The number of sulfonamides is 1. The normalized spacial score (nSPS) is 14.3. The van der Waals surface area contributed by atoms with Crippen LogP contribution in [0.3, 0.4) is 0 Å². The Morgan fingerprint density at radius 2 is 1.67 bits per heavy atom. The second-order valence-corrected chi connectivity index (χ2v) is 7.57. The number of aryl methyl sites for hydroxylation is 1. The summed E-state index contributed by atoms with van der Waals surface area (Å²) in [4.78, 5) is -0.0237. The minimum absolute atomic E-state index is 0.0237. The first-order valence-electron chi connectivity index (χ1n) is 6.48. The monoisotopic (exact) mass is 341 g/mol. The number of hydrogen-bond acceptors (Lipinski definition) is 2. The molecule has 0 amide bonds.